The van der Waals surface area contributed by atoms with Crippen molar-refractivity contribution in [3.63, 3.8) is 0 Å². The predicted octanol–water partition coefficient (Wildman–Crippen LogP) is 1.76. The van der Waals surface area contributed by atoms with Crippen LogP contribution < -0.4 is 10.6 Å². The Morgan fingerprint density at radius 1 is 1.35 bits per heavy atom. The van der Waals surface area contributed by atoms with Crippen molar-refractivity contribution in [1.82, 2.24) is 10.6 Å². The molecule has 0 aliphatic heterocycles. The maximum Gasteiger partial charge on any atom is 0.246 e. The van der Waals surface area contributed by atoms with Gasteiger partial charge < -0.3 is 15.7 Å². The van der Waals surface area contributed by atoms with E-state index in [0.29, 0.717) is 25.7 Å². The second-order valence-corrected chi connectivity index (χ2v) is 8.24. The molecule has 23 heavy (non-hydrogen) atoms. The Morgan fingerprint density at radius 2 is 2.00 bits per heavy atom. The first-order valence-electron chi connectivity index (χ1n) is 8.49. The van der Waals surface area contributed by atoms with Gasteiger partial charge in [-0.15, -0.1) is 6.58 Å². The molecular weight excluding hydrogens is 292 g/mol. The first-order valence-corrected chi connectivity index (χ1v) is 8.49. The van der Waals surface area contributed by atoms with Crippen LogP contribution in [0.1, 0.15) is 53.4 Å². The van der Waals surface area contributed by atoms with Gasteiger partial charge in [0.05, 0.1) is 6.10 Å². The average molecular weight is 322 g/mol. The predicted molar refractivity (Wildman–Crippen MR) is 89.6 cm³/mol. The number of hydrogen-bond acceptors (Lipinski definition) is 3. The van der Waals surface area contributed by atoms with Crippen LogP contribution in [0.4, 0.5) is 0 Å². The molecule has 2 rings (SSSR count). The number of allylic oxidation sites excluding steroid dienone is 1. The number of aliphatic hydroxyl groups excluding tert-OH is 1. The van der Waals surface area contributed by atoms with Gasteiger partial charge in [-0.05, 0) is 64.2 Å². The molecule has 0 heterocycles. The SMILES string of the molecule is C=CC[C@H]1[C@@H]2C[C@H](O)C[C@@H]2C[C@@]1(NC(C)=O)C(=O)NC(C)(C)C. The van der Waals surface area contributed by atoms with Gasteiger partial charge in [-0.3, -0.25) is 9.59 Å². The molecule has 2 aliphatic carbocycles. The molecule has 0 saturated heterocycles. The molecule has 0 aromatic carbocycles. The fraction of sp³-hybridized carbons (Fsp3) is 0.778. The number of aliphatic hydroxyl groups is 1. The van der Waals surface area contributed by atoms with Gasteiger partial charge in [0, 0.05) is 12.5 Å². The Labute approximate surface area is 138 Å². The molecule has 3 N–H and O–H groups in total. The highest BCUT2D eigenvalue weighted by Crippen LogP contribution is 2.54. The molecule has 2 amide bonds. The summed E-state index contributed by atoms with van der Waals surface area (Å²) in [6, 6.07) is 0. The Balaban J connectivity index is 2.37. The molecule has 130 valence electrons. The van der Waals surface area contributed by atoms with E-state index in [9.17, 15) is 14.7 Å². The van der Waals surface area contributed by atoms with E-state index in [4.69, 9.17) is 0 Å². The zero-order chi connectivity index (χ0) is 17.4. The van der Waals surface area contributed by atoms with Gasteiger partial charge in [-0.25, -0.2) is 0 Å². The third-order valence-corrected chi connectivity index (χ3v) is 5.17. The van der Waals surface area contributed by atoms with Crippen LogP contribution in [-0.4, -0.2) is 34.1 Å². The maximum absolute atomic E-state index is 13.1. The second kappa shape index (κ2) is 6.27. The molecule has 0 unspecified atom stereocenters. The minimum absolute atomic E-state index is 0.0200. The van der Waals surface area contributed by atoms with Crippen molar-refractivity contribution in [2.45, 2.75) is 70.6 Å². The third-order valence-electron chi connectivity index (χ3n) is 5.17. The zero-order valence-corrected chi connectivity index (χ0v) is 14.7. The lowest BCUT2D eigenvalue weighted by Gasteiger charge is -2.39. The Morgan fingerprint density at radius 3 is 2.52 bits per heavy atom. The molecule has 0 spiro atoms. The van der Waals surface area contributed by atoms with E-state index in [0.717, 1.165) is 0 Å². The Kier molecular flexibility index (Phi) is 4.90. The van der Waals surface area contributed by atoms with Gasteiger partial charge in [0.25, 0.3) is 0 Å². The van der Waals surface area contributed by atoms with E-state index in [1.807, 2.05) is 26.8 Å². The Bertz CT molecular complexity index is 497. The summed E-state index contributed by atoms with van der Waals surface area (Å²) in [7, 11) is 0. The summed E-state index contributed by atoms with van der Waals surface area (Å²) in [5, 5.41) is 16.0. The molecule has 0 bridgehead atoms. The van der Waals surface area contributed by atoms with Crippen LogP contribution >= 0.6 is 0 Å². The number of nitrogens with one attached hydrogen (secondary N) is 2. The van der Waals surface area contributed by atoms with Gasteiger partial charge in [-0.2, -0.15) is 0 Å². The molecule has 5 heteroatoms. The quantitative estimate of drug-likeness (QED) is 0.690. The van der Waals surface area contributed by atoms with Crippen LogP contribution in [0.15, 0.2) is 12.7 Å². The largest absolute Gasteiger partial charge is 0.393 e. The average Bonchev–Trinajstić information content (AvgIpc) is 2.84. The van der Waals surface area contributed by atoms with E-state index in [-0.39, 0.29) is 41.2 Å². The van der Waals surface area contributed by atoms with Crippen molar-refractivity contribution in [3.05, 3.63) is 12.7 Å². The summed E-state index contributed by atoms with van der Waals surface area (Å²) in [6.07, 6.45) is 4.19. The normalized spacial score (nSPS) is 36.4. The third kappa shape index (κ3) is 3.60. The highest BCUT2D eigenvalue weighted by molar-refractivity contribution is 5.92. The van der Waals surface area contributed by atoms with Gasteiger partial charge in [-0.1, -0.05) is 6.08 Å². The lowest BCUT2D eigenvalue weighted by molar-refractivity contribution is -0.136. The second-order valence-electron chi connectivity index (χ2n) is 8.24. The summed E-state index contributed by atoms with van der Waals surface area (Å²) < 4.78 is 0. The van der Waals surface area contributed by atoms with Crippen LogP contribution in [0.3, 0.4) is 0 Å². The van der Waals surface area contributed by atoms with Crippen molar-refractivity contribution >= 4 is 11.8 Å². The summed E-state index contributed by atoms with van der Waals surface area (Å²) >= 11 is 0. The van der Waals surface area contributed by atoms with Crippen LogP contribution in [0.25, 0.3) is 0 Å². The topological polar surface area (TPSA) is 78.4 Å². The molecule has 2 aliphatic rings. The minimum atomic E-state index is -0.900. The summed E-state index contributed by atoms with van der Waals surface area (Å²) in [5.74, 6) is 0.195. The number of carbonyl (C=O) groups excluding carboxylic acids is 2. The molecule has 2 fully saturated rings. The first kappa shape index (κ1) is 18.0. The smallest absolute Gasteiger partial charge is 0.246 e. The van der Waals surface area contributed by atoms with Crippen molar-refractivity contribution < 1.29 is 14.7 Å². The van der Waals surface area contributed by atoms with Crippen LogP contribution in [0.5, 0.6) is 0 Å². The van der Waals surface area contributed by atoms with Crippen LogP contribution in [0.2, 0.25) is 0 Å². The molecule has 5 atom stereocenters. The lowest BCUT2D eigenvalue weighted by Crippen LogP contribution is -2.63. The van der Waals surface area contributed by atoms with E-state index in [1.165, 1.54) is 6.92 Å². The fourth-order valence-corrected chi connectivity index (χ4v) is 4.57. The van der Waals surface area contributed by atoms with Crippen molar-refractivity contribution in [1.29, 1.82) is 0 Å². The van der Waals surface area contributed by atoms with Crippen molar-refractivity contribution in [2.75, 3.05) is 0 Å². The molecule has 0 radical (unpaired) electrons. The lowest BCUT2D eigenvalue weighted by atomic mass is 9.78. The van der Waals surface area contributed by atoms with E-state index in [1.54, 1.807) is 0 Å². The van der Waals surface area contributed by atoms with Crippen molar-refractivity contribution in [2.24, 2.45) is 17.8 Å². The van der Waals surface area contributed by atoms with E-state index in [2.05, 4.69) is 17.2 Å². The number of hydrogen-bond donors (Lipinski definition) is 3. The van der Waals surface area contributed by atoms with Crippen LogP contribution in [0, 0.1) is 17.8 Å². The Hall–Kier alpha value is -1.36. The number of amides is 2. The van der Waals surface area contributed by atoms with Gasteiger partial charge in [0.15, 0.2) is 0 Å². The minimum Gasteiger partial charge on any atom is -0.393 e. The van der Waals surface area contributed by atoms with Crippen LogP contribution in [-0.2, 0) is 9.59 Å². The number of fused-ring (bicyclic) bond motifs is 1. The first-order chi connectivity index (χ1) is 10.6. The fourth-order valence-electron chi connectivity index (χ4n) is 4.57. The van der Waals surface area contributed by atoms with Gasteiger partial charge in [0.2, 0.25) is 11.8 Å². The number of rotatable bonds is 4. The van der Waals surface area contributed by atoms with E-state index >= 15 is 0 Å². The molecular formula is C18H30N2O3. The van der Waals surface area contributed by atoms with Gasteiger partial charge >= 0.3 is 0 Å². The molecule has 0 aromatic heterocycles. The van der Waals surface area contributed by atoms with Gasteiger partial charge in [0.1, 0.15) is 5.54 Å². The van der Waals surface area contributed by atoms with Crippen molar-refractivity contribution in [3.8, 4) is 0 Å². The summed E-state index contributed by atoms with van der Waals surface area (Å²) in [4.78, 5) is 24.9. The molecule has 5 nitrogen and oxygen atoms in total. The van der Waals surface area contributed by atoms with E-state index < -0.39 is 5.54 Å². The highest BCUT2D eigenvalue weighted by Gasteiger charge is 2.60. The monoisotopic (exact) mass is 322 g/mol. The highest BCUT2D eigenvalue weighted by atomic mass is 16.3. The maximum atomic E-state index is 13.1. The molecule has 2 saturated carbocycles. The number of carbonyl (C=O) groups is 2. The molecule has 0 aromatic rings. The zero-order valence-electron chi connectivity index (χ0n) is 14.7. The summed E-state index contributed by atoms with van der Waals surface area (Å²) in [5.41, 5.74) is -1.26. The standard InChI is InChI=1S/C18H30N2O3/c1-6-7-15-14-9-13(22)8-12(14)10-18(15,19-11(2)21)16(23)20-17(3,4)5/h6,12-15,22H,1,7-10H2,2-5H3,(H,19,21)(H,20,23)/t12-,13-,14-,15+,18+/m1/s1. The summed E-state index contributed by atoms with van der Waals surface area (Å²) in [6.45, 7) is 11.1.